The zero-order valence-corrected chi connectivity index (χ0v) is 9.23. The molecule has 16 heavy (non-hydrogen) atoms. The van der Waals surface area contributed by atoms with Crippen molar-refractivity contribution in [3.63, 3.8) is 0 Å². The molecule has 3 nitrogen and oxygen atoms in total. The highest BCUT2D eigenvalue weighted by molar-refractivity contribution is 5.72. The molecule has 3 heteroatoms. The predicted octanol–water partition coefficient (Wildman–Crippen LogP) is 2.42. The minimum atomic E-state index is -0.253. The van der Waals surface area contributed by atoms with E-state index >= 15 is 0 Å². The predicted molar refractivity (Wildman–Crippen MR) is 61.2 cm³/mol. The van der Waals surface area contributed by atoms with E-state index in [1.807, 2.05) is 30.3 Å². The molecule has 0 atom stereocenters. The number of para-hydroxylation sites is 1. The second-order valence-electron chi connectivity index (χ2n) is 3.63. The lowest BCUT2D eigenvalue weighted by Crippen LogP contribution is -2.08. The van der Waals surface area contributed by atoms with Gasteiger partial charge in [-0.05, 0) is 17.7 Å². The maximum Gasteiger partial charge on any atom is 0.302 e. The molecule has 2 rings (SSSR count). The first-order valence-electron chi connectivity index (χ1n) is 5.32. The third-order valence-corrected chi connectivity index (χ3v) is 2.48. The number of hydrogen-bond acceptors (Lipinski definition) is 3. The van der Waals surface area contributed by atoms with E-state index in [0.717, 1.165) is 17.7 Å². The molecule has 0 radical (unpaired) electrons. The Hall–Kier alpha value is -1.77. The standard InChI is InChI=1S/C13H14O3/c1-10(14)15-8-6-11-7-9-16-13-5-3-2-4-12(11)13/h2-6H,7-9H2,1H3. The number of ether oxygens (including phenoxy) is 2. The Bertz CT molecular complexity index is 421. The van der Waals surface area contributed by atoms with Gasteiger partial charge in [0.2, 0.25) is 0 Å². The molecule has 0 saturated heterocycles. The summed E-state index contributed by atoms with van der Waals surface area (Å²) in [5.74, 6) is 0.653. The molecular weight excluding hydrogens is 204 g/mol. The monoisotopic (exact) mass is 218 g/mol. The van der Waals surface area contributed by atoms with Crippen LogP contribution in [0, 0.1) is 0 Å². The summed E-state index contributed by atoms with van der Waals surface area (Å²) >= 11 is 0. The Labute approximate surface area is 94.7 Å². The first-order valence-corrected chi connectivity index (χ1v) is 5.32. The van der Waals surface area contributed by atoms with Crippen molar-refractivity contribution >= 4 is 11.5 Å². The zero-order chi connectivity index (χ0) is 11.4. The second kappa shape index (κ2) is 4.84. The topological polar surface area (TPSA) is 35.5 Å². The Kier molecular flexibility index (Phi) is 3.25. The van der Waals surface area contributed by atoms with Crippen LogP contribution in [0.1, 0.15) is 18.9 Å². The largest absolute Gasteiger partial charge is 0.493 e. The van der Waals surface area contributed by atoms with Crippen LogP contribution in [0.4, 0.5) is 0 Å². The summed E-state index contributed by atoms with van der Waals surface area (Å²) in [7, 11) is 0. The summed E-state index contributed by atoms with van der Waals surface area (Å²) in [5.41, 5.74) is 2.28. The fraction of sp³-hybridized carbons (Fsp3) is 0.308. The van der Waals surface area contributed by atoms with Crippen LogP contribution in [0.15, 0.2) is 30.3 Å². The number of fused-ring (bicyclic) bond motifs is 1. The summed E-state index contributed by atoms with van der Waals surface area (Å²) in [6.07, 6.45) is 2.81. The summed E-state index contributed by atoms with van der Waals surface area (Å²) in [4.78, 5) is 10.7. The van der Waals surface area contributed by atoms with E-state index in [-0.39, 0.29) is 5.97 Å². The van der Waals surface area contributed by atoms with Crippen molar-refractivity contribution in [2.24, 2.45) is 0 Å². The lowest BCUT2D eigenvalue weighted by Gasteiger charge is -2.19. The number of carbonyl (C=O) groups is 1. The Balaban J connectivity index is 2.15. The van der Waals surface area contributed by atoms with E-state index in [1.165, 1.54) is 12.5 Å². The van der Waals surface area contributed by atoms with Gasteiger partial charge in [0.25, 0.3) is 0 Å². The van der Waals surface area contributed by atoms with Crippen LogP contribution in [0.5, 0.6) is 5.75 Å². The van der Waals surface area contributed by atoms with Gasteiger partial charge < -0.3 is 9.47 Å². The average molecular weight is 218 g/mol. The second-order valence-corrected chi connectivity index (χ2v) is 3.63. The van der Waals surface area contributed by atoms with Gasteiger partial charge in [0.05, 0.1) is 6.61 Å². The van der Waals surface area contributed by atoms with Crippen LogP contribution in [-0.2, 0) is 9.53 Å². The molecule has 0 aromatic heterocycles. The number of benzene rings is 1. The highest BCUT2D eigenvalue weighted by atomic mass is 16.5. The van der Waals surface area contributed by atoms with E-state index in [2.05, 4.69) is 0 Å². The summed E-state index contributed by atoms with van der Waals surface area (Å²) in [6.45, 7) is 2.43. The minimum absolute atomic E-state index is 0.253. The Morgan fingerprint density at radius 3 is 3.12 bits per heavy atom. The zero-order valence-electron chi connectivity index (χ0n) is 9.23. The molecule has 0 N–H and O–H groups in total. The molecular formula is C13H14O3. The number of carbonyl (C=O) groups excluding carboxylic acids is 1. The third-order valence-electron chi connectivity index (χ3n) is 2.48. The Morgan fingerprint density at radius 1 is 1.50 bits per heavy atom. The molecule has 0 bridgehead atoms. The molecule has 1 aliphatic heterocycles. The van der Waals surface area contributed by atoms with Gasteiger partial charge in [-0.3, -0.25) is 4.79 Å². The van der Waals surface area contributed by atoms with Gasteiger partial charge in [-0.2, -0.15) is 0 Å². The average Bonchev–Trinajstić information content (AvgIpc) is 2.29. The third kappa shape index (κ3) is 2.42. The highest BCUT2D eigenvalue weighted by Gasteiger charge is 2.13. The van der Waals surface area contributed by atoms with Crippen LogP contribution < -0.4 is 4.74 Å². The fourth-order valence-corrected chi connectivity index (χ4v) is 1.74. The van der Waals surface area contributed by atoms with Gasteiger partial charge in [0.1, 0.15) is 12.4 Å². The number of esters is 1. The van der Waals surface area contributed by atoms with E-state index in [0.29, 0.717) is 13.2 Å². The molecule has 1 heterocycles. The maximum atomic E-state index is 10.7. The van der Waals surface area contributed by atoms with Gasteiger partial charge in [-0.1, -0.05) is 18.2 Å². The summed E-state index contributed by atoms with van der Waals surface area (Å²) < 4.78 is 10.4. The van der Waals surface area contributed by atoms with Gasteiger partial charge >= 0.3 is 5.97 Å². The van der Waals surface area contributed by atoms with Crippen molar-refractivity contribution in [2.45, 2.75) is 13.3 Å². The smallest absolute Gasteiger partial charge is 0.302 e. The minimum Gasteiger partial charge on any atom is -0.493 e. The molecule has 0 spiro atoms. The highest BCUT2D eigenvalue weighted by Crippen LogP contribution is 2.32. The maximum absolute atomic E-state index is 10.7. The number of hydrogen-bond donors (Lipinski definition) is 0. The van der Waals surface area contributed by atoms with E-state index in [1.54, 1.807) is 0 Å². The molecule has 1 aromatic rings. The van der Waals surface area contributed by atoms with Gasteiger partial charge in [-0.15, -0.1) is 0 Å². The quantitative estimate of drug-likeness (QED) is 0.715. The molecule has 1 aliphatic rings. The van der Waals surface area contributed by atoms with Crippen LogP contribution in [0.25, 0.3) is 5.57 Å². The van der Waals surface area contributed by atoms with E-state index < -0.39 is 0 Å². The summed E-state index contributed by atoms with van der Waals surface area (Å²) in [5, 5.41) is 0. The molecule has 0 amide bonds. The fourth-order valence-electron chi connectivity index (χ4n) is 1.74. The van der Waals surface area contributed by atoms with Crippen molar-refractivity contribution < 1.29 is 14.3 Å². The molecule has 0 fully saturated rings. The van der Waals surface area contributed by atoms with Crippen molar-refractivity contribution in [3.8, 4) is 5.75 Å². The van der Waals surface area contributed by atoms with Gasteiger partial charge in [0.15, 0.2) is 0 Å². The molecule has 0 unspecified atom stereocenters. The van der Waals surface area contributed by atoms with Crippen LogP contribution in [0.3, 0.4) is 0 Å². The van der Waals surface area contributed by atoms with Crippen LogP contribution >= 0.6 is 0 Å². The molecule has 84 valence electrons. The molecule has 0 saturated carbocycles. The van der Waals surface area contributed by atoms with Crippen LogP contribution in [0.2, 0.25) is 0 Å². The van der Waals surface area contributed by atoms with Gasteiger partial charge in [0, 0.05) is 18.9 Å². The molecule has 1 aromatic carbocycles. The van der Waals surface area contributed by atoms with Crippen LogP contribution in [-0.4, -0.2) is 19.2 Å². The normalized spacial score (nSPS) is 16.4. The Morgan fingerprint density at radius 2 is 2.31 bits per heavy atom. The lowest BCUT2D eigenvalue weighted by atomic mass is 10.00. The summed E-state index contributed by atoms with van der Waals surface area (Å²) in [6, 6.07) is 7.91. The molecule has 0 aliphatic carbocycles. The van der Waals surface area contributed by atoms with Crippen molar-refractivity contribution in [2.75, 3.05) is 13.2 Å². The number of rotatable bonds is 2. The van der Waals surface area contributed by atoms with E-state index in [4.69, 9.17) is 9.47 Å². The SMILES string of the molecule is CC(=O)OCC=C1CCOc2ccccc21. The first kappa shape index (κ1) is 10.7. The first-order chi connectivity index (χ1) is 7.77. The van der Waals surface area contributed by atoms with Crippen molar-refractivity contribution in [3.05, 3.63) is 35.9 Å². The van der Waals surface area contributed by atoms with E-state index in [9.17, 15) is 4.79 Å². The van der Waals surface area contributed by atoms with Gasteiger partial charge in [-0.25, -0.2) is 0 Å². The van der Waals surface area contributed by atoms with Crippen molar-refractivity contribution in [1.82, 2.24) is 0 Å². The van der Waals surface area contributed by atoms with Crippen molar-refractivity contribution in [1.29, 1.82) is 0 Å². The lowest BCUT2D eigenvalue weighted by molar-refractivity contribution is -0.139.